The van der Waals surface area contributed by atoms with Gasteiger partial charge in [0.05, 0.1) is 18.8 Å². The van der Waals surface area contributed by atoms with Gasteiger partial charge in [0, 0.05) is 6.42 Å². The van der Waals surface area contributed by atoms with Crippen LogP contribution in [0, 0.1) is 0 Å². The maximum absolute atomic E-state index is 12.4. The predicted octanol–water partition coefficient (Wildman–Crippen LogP) is 15.6. The van der Waals surface area contributed by atoms with Crippen LogP contribution in [0.4, 0.5) is 0 Å². The Morgan fingerprint density at radius 3 is 0.849 bits per heavy atom. The number of carbonyl (C=O) groups excluding carboxylic acids is 1. The molecular weight excluding hydrogens is 651 g/mol. The van der Waals surface area contributed by atoms with E-state index in [-0.39, 0.29) is 12.5 Å². The fourth-order valence-corrected chi connectivity index (χ4v) is 8.07. The van der Waals surface area contributed by atoms with Crippen LogP contribution in [0.2, 0.25) is 0 Å². The van der Waals surface area contributed by atoms with E-state index < -0.39 is 12.1 Å². The number of unbranched alkanes of at least 4 members (excludes halogenated alkanes) is 39. The van der Waals surface area contributed by atoms with Gasteiger partial charge >= 0.3 is 0 Å². The standard InChI is InChI=1S/C49H99NO3/c1-3-5-7-9-11-13-15-17-19-20-21-22-23-24-25-26-27-28-29-31-33-35-37-39-41-43-45-49(53)50-47(46-51)48(52)44-42-40-38-36-34-32-30-18-16-14-12-10-8-6-4-2/h47-48,51-52H,3-46H2,1-2H3,(H,50,53)/t47-,48+/m0/s1. The normalized spacial score (nSPS) is 12.8. The number of aliphatic hydroxyl groups excluding tert-OH is 2. The molecule has 0 aliphatic heterocycles. The molecule has 0 aliphatic rings. The zero-order valence-electron chi connectivity index (χ0n) is 36.6. The van der Waals surface area contributed by atoms with Gasteiger partial charge in [-0.05, 0) is 12.8 Å². The van der Waals surface area contributed by atoms with Crippen LogP contribution in [0.1, 0.15) is 290 Å². The SMILES string of the molecule is CCCCCCCCCCCCCCCCCCCCCCCCCCCCC(=O)N[C@@H](CO)[C@H](O)CCCCCCCCCCCCCCCCC. The van der Waals surface area contributed by atoms with Crippen LogP contribution in [0.3, 0.4) is 0 Å². The Balaban J connectivity index is 3.40. The van der Waals surface area contributed by atoms with E-state index in [0.29, 0.717) is 12.8 Å². The summed E-state index contributed by atoms with van der Waals surface area (Å²) >= 11 is 0. The van der Waals surface area contributed by atoms with E-state index in [4.69, 9.17) is 0 Å². The monoisotopic (exact) mass is 750 g/mol. The number of hydrogen-bond acceptors (Lipinski definition) is 3. The number of carbonyl (C=O) groups is 1. The minimum Gasteiger partial charge on any atom is -0.394 e. The molecule has 0 aromatic rings. The summed E-state index contributed by atoms with van der Waals surface area (Å²) in [7, 11) is 0. The van der Waals surface area contributed by atoms with E-state index in [1.165, 1.54) is 238 Å². The minimum absolute atomic E-state index is 0.0241. The molecule has 0 fully saturated rings. The van der Waals surface area contributed by atoms with E-state index in [1.54, 1.807) is 0 Å². The summed E-state index contributed by atoms with van der Waals surface area (Å²) in [4.78, 5) is 12.4. The number of amides is 1. The van der Waals surface area contributed by atoms with Crippen molar-refractivity contribution in [1.29, 1.82) is 0 Å². The average molecular weight is 750 g/mol. The molecule has 318 valence electrons. The lowest BCUT2D eigenvalue weighted by molar-refractivity contribution is -0.123. The molecule has 0 aliphatic carbocycles. The Hall–Kier alpha value is -0.610. The molecule has 4 nitrogen and oxygen atoms in total. The van der Waals surface area contributed by atoms with Crippen molar-refractivity contribution >= 4 is 5.91 Å². The molecule has 0 unspecified atom stereocenters. The second kappa shape index (κ2) is 45.8. The van der Waals surface area contributed by atoms with Crippen LogP contribution in [0.5, 0.6) is 0 Å². The van der Waals surface area contributed by atoms with Gasteiger partial charge in [0.15, 0.2) is 0 Å². The zero-order chi connectivity index (χ0) is 38.6. The first-order chi connectivity index (χ1) is 26.2. The van der Waals surface area contributed by atoms with Gasteiger partial charge in [-0.15, -0.1) is 0 Å². The van der Waals surface area contributed by atoms with Gasteiger partial charge in [0.1, 0.15) is 0 Å². The zero-order valence-corrected chi connectivity index (χ0v) is 36.6. The molecule has 0 aromatic heterocycles. The number of aliphatic hydroxyl groups is 2. The van der Waals surface area contributed by atoms with Crippen molar-refractivity contribution in [2.45, 2.75) is 302 Å². The van der Waals surface area contributed by atoms with Crippen LogP contribution in [0.25, 0.3) is 0 Å². The number of nitrogens with one attached hydrogen (secondary N) is 1. The molecule has 3 N–H and O–H groups in total. The second-order valence-electron chi connectivity index (χ2n) is 17.3. The molecule has 1 amide bonds. The van der Waals surface area contributed by atoms with Crippen LogP contribution in [0.15, 0.2) is 0 Å². The Morgan fingerprint density at radius 2 is 0.604 bits per heavy atom. The maximum Gasteiger partial charge on any atom is 0.220 e. The van der Waals surface area contributed by atoms with Gasteiger partial charge in [0.2, 0.25) is 5.91 Å². The molecule has 0 rings (SSSR count). The van der Waals surface area contributed by atoms with Gasteiger partial charge in [-0.2, -0.15) is 0 Å². The first-order valence-corrected chi connectivity index (χ1v) is 24.7. The summed E-state index contributed by atoms with van der Waals surface area (Å²) in [6, 6.07) is -0.529. The smallest absolute Gasteiger partial charge is 0.220 e. The molecule has 0 saturated heterocycles. The third-order valence-corrected chi connectivity index (χ3v) is 11.9. The summed E-state index contributed by atoms with van der Waals surface area (Å²) in [6.45, 7) is 4.39. The van der Waals surface area contributed by atoms with Crippen molar-refractivity contribution in [3.8, 4) is 0 Å². The van der Waals surface area contributed by atoms with Crippen molar-refractivity contribution in [2.24, 2.45) is 0 Å². The van der Waals surface area contributed by atoms with E-state index in [1.807, 2.05) is 0 Å². The van der Waals surface area contributed by atoms with Crippen molar-refractivity contribution in [3.05, 3.63) is 0 Å². The molecule has 0 heterocycles. The van der Waals surface area contributed by atoms with Gasteiger partial charge in [0.25, 0.3) is 0 Å². The highest BCUT2D eigenvalue weighted by atomic mass is 16.3. The molecule has 0 saturated carbocycles. The van der Waals surface area contributed by atoms with Gasteiger partial charge in [-0.3, -0.25) is 4.79 Å². The van der Waals surface area contributed by atoms with Crippen molar-refractivity contribution < 1.29 is 15.0 Å². The van der Waals surface area contributed by atoms with Crippen LogP contribution >= 0.6 is 0 Å². The summed E-state index contributed by atoms with van der Waals surface area (Å²) < 4.78 is 0. The summed E-state index contributed by atoms with van der Waals surface area (Å²) in [5.41, 5.74) is 0. The highest BCUT2D eigenvalue weighted by molar-refractivity contribution is 5.76. The van der Waals surface area contributed by atoms with E-state index >= 15 is 0 Å². The van der Waals surface area contributed by atoms with Gasteiger partial charge < -0.3 is 15.5 Å². The number of hydrogen-bond donors (Lipinski definition) is 3. The lowest BCUT2D eigenvalue weighted by Crippen LogP contribution is -2.45. The molecule has 0 bridgehead atoms. The Morgan fingerprint density at radius 1 is 0.377 bits per heavy atom. The fraction of sp³-hybridized carbons (Fsp3) is 0.980. The van der Waals surface area contributed by atoms with Crippen LogP contribution < -0.4 is 5.32 Å². The molecule has 0 spiro atoms. The highest BCUT2D eigenvalue weighted by Gasteiger charge is 2.20. The Bertz CT molecular complexity index is 685. The molecule has 0 radical (unpaired) electrons. The van der Waals surface area contributed by atoms with Crippen molar-refractivity contribution in [3.63, 3.8) is 0 Å². The minimum atomic E-state index is -0.653. The summed E-state index contributed by atoms with van der Waals surface area (Å²) in [6.07, 6.45) is 56.3. The molecule has 0 aromatic carbocycles. The summed E-state index contributed by atoms with van der Waals surface area (Å²) in [5, 5.41) is 23.2. The largest absolute Gasteiger partial charge is 0.394 e. The van der Waals surface area contributed by atoms with Crippen LogP contribution in [-0.2, 0) is 4.79 Å². The third kappa shape index (κ3) is 42.4. The van der Waals surface area contributed by atoms with E-state index in [2.05, 4.69) is 19.2 Å². The fourth-order valence-electron chi connectivity index (χ4n) is 8.07. The quantitative estimate of drug-likeness (QED) is 0.0543. The van der Waals surface area contributed by atoms with Crippen molar-refractivity contribution in [2.75, 3.05) is 6.61 Å². The number of rotatable bonds is 46. The molecule has 53 heavy (non-hydrogen) atoms. The predicted molar refractivity (Wildman–Crippen MR) is 235 cm³/mol. The van der Waals surface area contributed by atoms with E-state index in [0.717, 1.165) is 25.7 Å². The molecule has 2 atom stereocenters. The topological polar surface area (TPSA) is 69.6 Å². The van der Waals surface area contributed by atoms with Gasteiger partial charge in [-0.1, -0.05) is 271 Å². The summed E-state index contributed by atoms with van der Waals surface area (Å²) in [5.74, 6) is -0.0241. The molecule has 4 heteroatoms. The Kier molecular flexibility index (Phi) is 45.3. The third-order valence-electron chi connectivity index (χ3n) is 11.9. The lowest BCUT2D eigenvalue weighted by atomic mass is 10.0. The Labute approximate surface area is 334 Å². The highest BCUT2D eigenvalue weighted by Crippen LogP contribution is 2.18. The first-order valence-electron chi connectivity index (χ1n) is 24.7. The second-order valence-corrected chi connectivity index (χ2v) is 17.3. The lowest BCUT2D eigenvalue weighted by Gasteiger charge is -2.22. The molecular formula is C49H99NO3. The van der Waals surface area contributed by atoms with E-state index in [9.17, 15) is 15.0 Å². The first kappa shape index (κ1) is 52.4. The maximum atomic E-state index is 12.4. The van der Waals surface area contributed by atoms with Crippen molar-refractivity contribution in [1.82, 2.24) is 5.32 Å². The van der Waals surface area contributed by atoms with Gasteiger partial charge in [-0.25, -0.2) is 0 Å². The average Bonchev–Trinajstić information content (AvgIpc) is 3.16. The van der Waals surface area contributed by atoms with Crippen LogP contribution in [-0.4, -0.2) is 34.9 Å².